The quantitative estimate of drug-likeness (QED) is 0.664. The first-order valence-electron chi connectivity index (χ1n) is 11.0. The molecule has 3 unspecified atom stereocenters. The number of carboxylic acids is 1. The number of carbonyl (C=O) groups excluding carboxylic acids is 3. The number of rotatable bonds is 4. The predicted octanol–water partition coefficient (Wildman–Crippen LogP) is 4.50. The molecule has 1 saturated carbocycles. The molecule has 0 heterocycles. The van der Waals surface area contributed by atoms with Gasteiger partial charge in [0, 0.05) is 37.1 Å². The first-order chi connectivity index (χ1) is 15.7. The third-order valence-corrected chi connectivity index (χ3v) is 7.05. The van der Waals surface area contributed by atoms with Gasteiger partial charge in [0.2, 0.25) is 0 Å². The smallest absolute Gasteiger partial charge is 0.303 e. The Morgan fingerprint density at radius 2 is 1.64 bits per heavy atom. The second-order valence-corrected chi connectivity index (χ2v) is 9.68. The number of carbonyl (C=O) groups is 4. The highest BCUT2D eigenvalue weighted by atomic mass is 35.5. The highest BCUT2D eigenvalue weighted by molar-refractivity contribution is 6.30. The molecule has 1 N–H and O–H groups in total. The number of halogens is 2. The molecule has 2 aromatic carbocycles. The maximum absolute atomic E-state index is 13.7. The number of Topliss-reactive ketones (excluding diaryl/α,β-unsaturated/α-hetero) is 3. The van der Waals surface area contributed by atoms with E-state index in [1.807, 2.05) is 0 Å². The maximum Gasteiger partial charge on any atom is 0.303 e. The van der Waals surface area contributed by atoms with E-state index in [-0.39, 0.29) is 55.4 Å². The van der Waals surface area contributed by atoms with Gasteiger partial charge in [-0.2, -0.15) is 0 Å². The standard InChI is InChI=1S/C26H24ClFO5/c27-19-3-6-22-18(13-19)8-17(12-25(32)33)11-24(31)26(22)14-21(29)9-16(10-23(26)30)7-15-1-4-20(28)5-2-15/h1-6,13,16-17H,7-12,14H2,(H,32,33). The SMILES string of the molecule is O=C(O)CC1CC(=O)C2(CC(=O)CC(Cc3ccc(F)cc3)CC2=O)c2ccc(Cl)cc2C1. The molecular formula is C26H24ClFO5. The molecule has 0 aromatic heterocycles. The van der Waals surface area contributed by atoms with Crippen molar-refractivity contribution in [3.8, 4) is 0 Å². The fraction of sp³-hybridized carbons (Fsp3) is 0.385. The molecule has 172 valence electrons. The lowest BCUT2D eigenvalue weighted by molar-refractivity contribution is -0.139. The summed E-state index contributed by atoms with van der Waals surface area (Å²) in [5, 5.41) is 9.72. The monoisotopic (exact) mass is 470 g/mol. The molecule has 0 bridgehead atoms. The number of hydrogen-bond donors (Lipinski definition) is 1. The van der Waals surface area contributed by atoms with Gasteiger partial charge < -0.3 is 5.11 Å². The molecule has 0 radical (unpaired) electrons. The molecule has 2 aliphatic carbocycles. The second-order valence-electron chi connectivity index (χ2n) is 9.25. The van der Waals surface area contributed by atoms with E-state index in [4.69, 9.17) is 11.6 Å². The maximum atomic E-state index is 13.7. The lowest BCUT2D eigenvalue weighted by Crippen LogP contribution is -2.45. The number of hydrogen-bond acceptors (Lipinski definition) is 4. The summed E-state index contributed by atoms with van der Waals surface area (Å²) in [4.78, 5) is 51.8. The first-order valence-corrected chi connectivity index (χ1v) is 11.4. The summed E-state index contributed by atoms with van der Waals surface area (Å²) >= 11 is 6.19. The van der Waals surface area contributed by atoms with Crippen molar-refractivity contribution in [1.29, 1.82) is 0 Å². The normalized spacial score (nSPS) is 25.5. The van der Waals surface area contributed by atoms with Gasteiger partial charge in [-0.05, 0) is 65.6 Å². The summed E-state index contributed by atoms with van der Waals surface area (Å²) in [6.07, 6.45) is 0.413. The van der Waals surface area contributed by atoms with Crippen molar-refractivity contribution < 1.29 is 28.7 Å². The highest BCUT2D eigenvalue weighted by Gasteiger charge is 2.52. The number of ketones is 3. The average Bonchev–Trinajstić information content (AvgIpc) is 2.92. The van der Waals surface area contributed by atoms with E-state index in [9.17, 15) is 28.7 Å². The molecule has 0 saturated heterocycles. The third-order valence-electron chi connectivity index (χ3n) is 6.82. The number of aliphatic carboxylic acids is 1. The van der Waals surface area contributed by atoms with Crippen LogP contribution in [0.3, 0.4) is 0 Å². The zero-order valence-electron chi connectivity index (χ0n) is 18.0. The predicted molar refractivity (Wildman–Crippen MR) is 120 cm³/mol. The van der Waals surface area contributed by atoms with Crippen LogP contribution in [0.2, 0.25) is 5.02 Å². The summed E-state index contributed by atoms with van der Waals surface area (Å²) < 4.78 is 13.3. The van der Waals surface area contributed by atoms with Crippen LogP contribution >= 0.6 is 11.6 Å². The molecule has 33 heavy (non-hydrogen) atoms. The van der Waals surface area contributed by atoms with Crippen molar-refractivity contribution in [2.24, 2.45) is 11.8 Å². The number of fused-ring (bicyclic) bond motifs is 2. The largest absolute Gasteiger partial charge is 0.481 e. The van der Waals surface area contributed by atoms with Gasteiger partial charge in [0.1, 0.15) is 17.0 Å². The minimum Gasteiger partial charge on any atom is -0.481 e. The minimum absolute atomic E-state index is 0.0422. The summed E-state index contributed by atoms with van der Waals surface area (Å²) in [5.41, 5.74) is 0.337. The van der Waals surface area contributed by atoms with Crippen LogP contribution in [0.5, 0.6) is 0 Å². The molecule has 2 aliphatic rings. The topological polar surface area (TPSA) is 88.5 Å². The van der Waals surface area contributed by atoms with Crippen molar-refractivity contribution in [1.82, 2.24) is 0 Å². The van der Waals surface area contributed by atoms with Crippen molar-refractivity contribution >= 4 is 34.9 Å². The number of carboxylic acid groups (broad SMARTS) is 1. The molecule has 1 fully saturated rings. The molecule has 0 amide bonds. The lowest BCUT2D eigenvalue weighted by Gasteiger charge is -2.30. The van der Waals surface area contributed by atoms with Crippen LogP contribution in [-0.2, 0) is 37.4 Å². The van der Waals surface area contributed by atoms with E-state index in [0.717, 1.165) is 5.56 Å². The Labute approximate surface area is 195 Å². The molecule has 1 spiro atoms. The Hall–Kier alpha value is -2.86. The third kappa shape index (κ3) is 4.76. The van der Waals surface area contributed by atoms with Crippen LogP contribution in [-0.4, -0.2) is 28.4 Å². The molecule has 0 aliphatic heterocycles. The van der Waals surface area contributed by atoms with Crippen LogP contribution in [0.4, 0.5) is 4.39 Å². The van der Waals surface area contributed by atoms with E-state index < -0.39 is 23.1 Å². The fourth-order valence-corrected chi connectivity index (χ4v) is 5.60. The van der Waals surface area contributed by atoms with Crippen molar-refractivity contribution in [2.45, 2.75) is 50.4 Å². The first kappa shape index (κ1) is 23.3. The Balaban J connectivity index is 1.72. The van der Waals surface area contributed by atoms with Gasteiger partial charge in [0.05, 0.1) is 0 Å². The molecule has 5 nitrogen and oxygen atoms in total. The van der Waals surface area contributed by atoms with Crippen molar-refractivity contribution in [3.63, 3.8) is 0 Å². The Morgan fingerprint density at radius 1 is 0.970 bits per heavy atom. The van der Waals surface area contributed by atoms with Crippen molar-refractivity contribution in [3.05, 3.63) is 70.0 Å². The van der Waals surface area contributed by atoms with Gasteiger partial charge in [-0.1, -0.05) is 29.8 Å². The van der Waals surface area contributed by atoms with Crippen molar-refractivity contribution in [2.75, 3.05) is 0 Å². The number of benzene rings is 2. The van der Waals surface area contributed by atoms with E-state index in [0.29, 0.717) is 29.0 Å². The van der Waals surface area contributed by atoms with Gasteiger partial charge in [-0.15, -0.1) is 0 Å². The van der Waals surface area contributed by atoms with Gasteiger partial charge >= 0.3 is 5.97 Å². The summed E-state index contributed by atoms with van der Waals surface area (Å²) in [6.45, 7) is 0. The van der Waals surface area contributed by atoms with Crippen LogP contribution in [0.1, 0.15) is 48.8 Å². The Morgan fingerprint density at radius 3 is 2.30 bits per heavy atom. The summed E-state index contributed by atoms with van der Waals surface area (Å²) in [6, 6.07) is 10.9. The molecular weight excluding hydrogens is 447 g/mol. The van der Waals surface area contributed by atoms with E-state index >= 15 is 0 Å². The van der Waals surface area contributed by atoms with E-state index in [1.54, 1.807) is 30.3 Å². The highest BCUT2D eigenvalue weighted by Crippen LogP contribution is 2.44. The molecule has 4 rings (SSSR count). The average molecular weight is 471 g/mol. The van der Waals surface area contributed by atoms with Crippen LogP contribution in [0, 0.1) is 17.7 Å². The summed E-state index contributed by atoms with van der Waals surface area (Å²) in [7, 11) is 0. The molecule has 3 atom stereocenters. The zero-order valence-corrected chi connectivity index (χ0v) is 18.7. The zero-order chi connectivity index (χ0) is 23.8. The van der Waals surface area contributed by atoms with E-state index in [2.05, 4.69) is 0 Å². The Kier molecular flexibility index (Phi) is 6.48. The van der Waals surface area contributed by atoms with Gasteiger partial charge in [-0.3, -0.25) is 19.2 Å². The fourth-order valence-electron chi connectivity index (χ4n) is 5.40. The van der Waals surface area contributed by atoms with Crippen LogP contribution in [0.15, 0.2) is 42.5 Å². The molecule has 7 heteroatoms. The van der Waals surface area contributed by atoms with Crippen LogP contribution in [0.25, 0.3) is 0 Å². The van der Waals surface area contributed by atoms with Gasteiger partial charge in [-0.25, -0.2) is 4.39 Å². The van der Waals surface area contributed by atoms with E-state index in [1.165, 1.54) is 12.1 Å². The second kappa shape index (κ2) is 9.18. The Bertz CT molecular complexity index is 1130. The minimum atomic E-state index is -1.61. The molecule has 2 aromatic rings. The van der Waals surface area contributed by atoms with Crippen LogP contribution < -0.4 is 0 Å². The van der Waals surface area contributed by atoms with Gasteiger partial charge in [0.25, 0.3) is 0 Å². The summed E-state index contributed by atoms with van der Waals surface area (Å²) in [5.74, 6) is -3.04. The van der Waals surface area contributed by atoms with Gasteiger partial charge in [0.15, 0.2) is 11.6 Å². The lowest BCUT2D eigenvalue weighted by atomic mass is 9.68.